The monoisotopic (exact) mass is 756 g/mol. The molecule has 4 atom stereocenters. The Morgan fingerprint density at radius 1 is 0.350 bits per heavy atom. The van der Waals surface area contributed by atoms with Gasteiger partial charge in [0, 0.05) is 23.0 Å². The molecule has 4 bridgehead atoms. The van der Waals surface area contributed by atoms with Crippen LogP contribution in [0.2, 0.25) is 0 Å². The average molecular weight is 757 g/mol. The number of allylic oxidation sites excluding steroid dienone is 6. The second-order valence-electron chi connectivity index (χ2n) is 16.7. The molecule has 8 aromatic rings. The number of hydrogen-bond donors (Lipinski definition) is 0. The van der Waals surface area contributed by atoms with Gasteiger partial charge in [0.1, 0.15) is 0 Å². The van der Waals surface area contributed by atoms with Gasteiger partial charge >= 0.3 is 0 Å². The summed E-state index contributed by atoms with van der Waals surface area (Å²) in [6.45, 7) is 0. The smallest absolute Gasteiger partial charge is 0.0803 e. The van der Waals surface area contributed by atoms with Gasteiger partial charge in [-0.2, -0.15) is 0 Å². The number of hydrogen-bond acceptors (Lipinski definition) is 0. The quantitative estimate of drug-likeness (QED) is 0.154. The number of benzene rings is 8. The topological polar surface area (TPSA) is 0 Å². The van der Waals surface area contributed by atoms with Gasteiger partial charge in [-0.15, -0.1) is 0 Å². The first-order valence-corrected chi connectivity index (χ1v) is 21.0. The molecule has 0 aromatic heterocycles. The van der Waals surface area contributed by atoms with Crippen LogP contribution in [0.15, 0.2) is 194 Å². The molecule has 8 aromatic carbocycles. The van der Waals surface area contributed by atoms with Crippen LogP contribution in [-0.2, 0) is 10.8 Å². The highest BCUT2D eigenvalue weighted by Gasteiger charge is 2.58. The van der Waals surface area contributed by atoms with Crippen molar-refractivity contribution in [3.05, 3.63) is 250 Å². The minimum atomic E-state index is -0.595. The summed E-state index contributed by atoms with van der Waals surface area (Å²) in [6.07, 6.45) is 9.46. The minimum absolute atomic E-state index is 0.0242. The van der Waals surface area contributed by atoms with E-state index in [4.69, 9.17) is 0 Å². The van der Waals surface area contributed by atoms with Gasteiger partial charge < -0.3 is 0 Å². The van der Waals surface area contributed by atoms with E-state index >= 15 is 0 Å². The van der Waals surface area contributed by atoms with Gasteiger partial charge in [-0.3, -0.25) is 0 Å². The van der Waals surface area contributed by atoms with E-state index in [0.29, 0.717) is 0 Å². The lowest BCUT2D eigenvalue weighted by Gasteiger charge is -2.53. The molecule has 0 radical (unpaired) electrons. The predicted octanol–water partition coefficient (Wildman–Crippen LogP) is 13.4. The van der Waals surface area contributed by atoms with Crippen molar-refractivity contribution in [3.8, 4) is 23.7 Å². The molecule has 0 fully saturated rings. The Labute approximate surface area is 350 Å². The molecular formula is C60H36. The van der Waals surface area contributed by atoms with E-state index in [1.54, 1.807) is 0 Å². The van der Waals surface area contributed by atoms with Crippen molar-refractivity contribution in [1.29, 1.82) is 0 Å². The van der Waals surface area contributed by atoms with Crippen LogP contribution in [0, 0.1) is 35.5 Å². The van der Waals surface area contributed by atoms with Gasteiger partial charge in [0.2, 0.25) is 0 Å². The van der Waals surface area contributed by atoms with Gasteiger partial charge in [0.15, 0.2) is 0 Å². The fourth-order valence-corrected chi connectivity index (χ4v) is 11.4. The molecule has 2 spiro atoms. The third kappa shape index (κ3) is 4.33. The van der Waals surface area contributed by atoms with Crippen molar-refractivity contribution in [2.75, 3.05) is 0 Å². The first kappa shape index (κ1) is 33.3. The first-order chi connectivity index (χ1) is 29.8. The van der Waals surface area contributed by atoms with Gasteiger partial charge in [-0.25, -0.2) is 0 Å². The van der Waals surface area contributed by atoms with Gasteiger partial charge in [-0.05, 0) is 100 Å². The van der Waals surface area contributed by atoms with Crippen LogP contribution in [-0.4, -0.2) is 0 Å². The summed E-state index contributed by atoms with van der Waals surface area (Å²) in [6, 6.07) is 66.6. The molecule has 0 saturated carbocycles. The van der Waals surface area contributed by atoms with Crippen molar-refractivity contribution >= 4 is 56.0 Å². The zero-order chi connectivity index (χ0) is 39.4. The number of fused-ring (bicyclic) bond motifs is 10. The van der Waals surface area contributed by atoms with Crippen molar-refractivity contribution in [3.63, 3.8) is 0 Å². The summed E-state index contributed by atoms with van der Waals surface area (Å²) in [5.74, 6) is 16.3. The van der Waals surface area contributed by atoms with Crippen molar-refractivity contribution in [2.24, 2.45) is 11.8 Å². The van der Waals surface area contributed by atoms with Gasteiger partial charge in [0.25, 0.3) is 0 Å². The Kier molecular flexibility index (Phi) is 6.91. The molecule has 60 heavy (non-hydrogen) atoms. The van der Waals surface area contributed by atoms with E-state index in [1.807, 2.05) is 0 Å². The Hall–Kier alpha value is -7.64. The van der Waals surface area contributed by atoms with E-state index < -0.39 is 10.8 Å². The second kappa shape index (κ2) is 12.4. The van der Waals surface area contributed by atoms with Crippen molar-refractivity contribution in [2.45, 2.75) is 10.8 Å². The molecule has 0 heteroatoms. The fourth-order valence-electron chi connectivity index (χ4n) is 11.4. The van der Waals surface area contributed by atoms with Crippen LogP contribution in [0.25, 0.3) is 56.0 Å². The fraction of sp³-hybridized carbons (Fsp3) is 0.0667. The van der Waals surface area contributed by atoms with E-state index in [-0.39, 0.29) is 11.8 Å². The highest BCUT2D eigenvalue weighted by molar-refractivity contribution is 6.16. The highest BCUT2D eigenvalue weighted by atomic mass is 14.6. The predicted molar refractivity (Wildman–Crippen MR) is 249 cm³/mol. The maximum atomic E-state index is 4.15. The lowest BCUT2D eigenvalue weighted by molar-refractivity contribution is 0.564. The first-order valence-electron chi connectivity index (χ1n) is 21.0. The van der Waals surface area contributed by atoms with Crippen LogP contribution in [0.1, 0.15) is 55.6 Å². The average Bonchev–Trinajstić information content (AvgIpc) is 3.29. The van der Waals surface area contributed by atoms with E-state index in [9.17, 15) is 0 Å². The SMILES string of the molecule is C1#C[C@@]23C(c4cccc5ccccc45)=C(c4ccccc4C#C[C@@]45C(c6cccc7ccccc67)=C(c6ccccc61)C4C=Cc1ccccc15)C2C=Cc1ccccc13. The second-order valence-corrected chi connectivity index (χ2v) is 16.7. The lowest BCUT2D eigenvalue weighted by atomic mass is 9.47. The third-order valence-electron chi connectivity index (χ3n) is 13.9. The summed E-state index contributed by atoms with van der Waals surface area (Å²) < 4.78 is 0. The zero-order valence-electron chi connectivity index (χ0n) is 32.8. The minimum Gasteiger partial charge on any atom is -0.0803 e. The lowest BCUT2D eigenvalue weighted by Crippen LogP contribution is -2.47. The van der Waals surface area contributed by atoms with Gasteiger partial charge in [-0.1, -0.05) is 218 Å². The summed E-state index contributed by atoms with van der Waals surface area (Å²) in [7, 11) is 0. The van der Waals surface area contributed by atoms with Crippen LogP contribution < -0.4 is 0 Å². The number of rotatable bonds is 2. The van der Waals surface area contributed by atoms with Crippen molar-refractivity contribution < 1.29 is 0 Å². The van der Waals surface area contributed by atoms with Crippen LogP contribution in [0.3, 0.4) is 0 Å². The standard InChI is InChI=1S/C60H36/c1-7-23-45-39(15-1)21-13-27-49(45)57-55-47-25-9-3-17-41(47)36-38-60-52-30-12-6-20-44(52)32-34-54(60)56(58(60)50-28-14-22-40-16-2-8-24-46(40)50)48-26-10-4-18-42(48)35-37-59(57)51-29-11-5-19-43(51)31-33-53(55)59/h1-34,53-54H/t53?,54?,59-,60-/m0/s1. The summed E-state index contributed by atoms with van der Waals surface area (Å²) in [5, 5.41) is 4.93. The van der Waals surface area contributed by atoms with Crippen LogP contribution >= 0.6 is 0 Å². The molecule has 0 heterocycles. The molecule has 0 N–H and O–H groups in total. The van der Waals surface area contributed by atoms with Crippen LogP contribution in [0.4, 0.5) is 0 Å². The molecule has 0 aliphatic heterocycles. The Balaban J connectivity index is 1.20. The molecule has 2 unspecified atom stereocenters. The zero-order valence-corrected chi connectivity index (χ0v) is 32.8. The molecule has 0 amide bonds. The maximum Gasteiger partial charge on any atom is 0.0933 e. The molecule has 0 saturated heterocycles. The van der Waals surface area contributed by atoms with Crippen LogP contribution in [0.5, 0.6) is 0 Å². The molecule has 13 rings (SSSR count). The third-order valence-corrected chi connectivity index (χ3v) is 13.9. The molecule has 5 aliphatic rings. The van der Waals surface area contributed by atoms with E-state index in [2.05, 4.69) is 230 Å². The highest BCUT2D eigenvalue weighted by Crippen LogP contribution is 2.67. The summed E-state index contributed by atoms with van der Waals surface area (Å²) in [4.78, 5) is 0. The summed E-state index contributed by atoms with van der Waals surface area (Å²) >= 11 is 0. The summed E-state index contributed by atoms with van der Waals surface area (Å²) in [5.41, 5.74) is 15.8. The Morgan fingerprint density at radius 3 is 1.23 bits per heavy atom. The Bertz CT molecular complexity index is 3230. The van der Waals surface area contributed by atoms with E-state index in [1.165, 1.54) is 88.3 Å². The molecule has 5 aliphatic carbocycles. The van der Waals surface area contributed by atoms with E-state index in [0.717, 1.165) is 11.1 Å². The maximum absolute atomic E-state index is 4.15. The molecule has 0 nitrogen and oxygen atoms in total. The Morgan fingerprint density at radius 2 is 0.733 bits per heavy atom. The van der Waals surface area contributed by atoms with Gasteiger partial charge in [0.05, 0.1) is 10.8 Å². The normalized spacial score (nSPS) is 22.2. The molecule has 276 valence electrons. The molecular weight excluding hydrogens is 721 g/mol. The largest absolute Gasteiger partial charge is 0.0933 e. The van der Waals surface area contributed by atoms with Crippen molar-refractivity contribution in [1.82, 2.24) is 0 Å².